The summed E-state index contributed by atoms with van der Waals surface area (Å²) < 4.78 is 5.35. The van der Waals surface area contributed by atoms with E-state index in [0.29, 0.717) is 11.5 Å². The van der Waals surface area contributed by atoms with Crippen LogP contribution >= 0.6 is 0 Å². The van der Waals surface area contributed by atoms with Crippen LogP contribution in [0.15, 0.2) is 18.2 Å². The van der Waals surface area contributed by atoms with Crippen LogP contribution in [0.1, 0.15) is 56.7 Å². The van der Waals surface area contributed by atoms with Gasteiger partial charge in [0.1, 0.15) is 5.75 Å². The number of fused-ring (bicyclic) bond motifs is 1. The van der Waals surface area contributed by atoms with Crippen molar-refractivity contribution in [1.29, 1.82) is 0 Å². The molecular formula is C18H27NO. The summed E-state index contributed by atoms with van der Waals surface area (Å²) in [4.78, 5) is 0. The number of benzene rings is 1. The third-order valence-electron chi connectivity index (χ3n) is 5.48. The lowest BCUT2D eigenvalue weighted by Gasteiger charge is -2.30. The van der Waals surface area contributed by atoms with E-state index in [2.05, 4.69) is 37.4 Å². The average molecular weight is 273 g/mol. The first-order valence-electron chi connectivity index (χ1n) is 8.05. The van der Waals surface area contributed by atoms with Crippen LogP contribution in [0, 0.1) is 11.3 Å². The van der Waals surface area contributed by atoms with Gasteiger partial charge in [0.2, 0.25) is 0 Å². The lowest BCUT2D eigenvalue weighted by molar-refractivity contribution is 0.310. The molecule has 1 atom stereocenters. The Morgan fingerprint density at radius 1 is 1.35 bits per heavy atom. The smallest absolute Gasteiger partial charge is 0.119 e. The fraction of sp³-hybridized carbons (Fsp3) is 0.667. The molecule has 2 nitrogen and oxygen atoms in total. The van der Waals surface area contributed by atoms with E-state index in [0.717, 1.165) is 11.7 Å². The average Bonchev–Trinajstić information content (AvgIpc) is 3.25. The monoisotopic (exact) mass is 273 g/mol. The second-order valence-corrected chi connectivity index (χ2v) is 6.91. The Bertz CT molecular complexity index is 476. The number of ether oxygens (including phenoxy) is 1. The van der Waals surface area contributed by atoms with Crippen molar-refractivity contribution in [1.82, 2.24) is 5.32 Å². The molecule has 1 aromatic rings. The minimum absolute atomic E-state index is 0.542. The van der Waals surface area contributed by atoms with Crippen molar-refractivity contribution in [3.05, 3.63) is 29.3 Å². The molecule has 1 saturated carbocycles. The number of hydrogen-bond donors (Lipinski definition) is 1. The van der Waals surface area contributed by atoms with Crippen LogP contribution in [0.4, 0.5) is 0 Å². The van der Waals surface area contributed by atoms with Crippen molar-refractivity contribution in [2.45, 2.75) is 52.0 Å². The molecular weight excluding hydrogens is 246 g/mol. The van der Waals surface area contributed by atoms with Crippen LogP contribution in [0.5, 0.6) is 5.75 Å². The molecule has 1 aromatic carbocycles. The van der Waals surface area contributed by atoms with Crippen LogP contribution in [0.2, 0.25) is 0 Å². The largest absolute Gasteiger partial charge is 0.497 e. The van der Waals surface area contributed by atoms with Gasteiger partial charge < -0.3 is 10.1 Å². The molecule has 0 spiro atoms. The summed E-state index contributed by atoms with van der Waals surface area (Å²) in [5.74, 6) is 1.79. The Hall–Kier alpha value is -1.02. The van der Waals surface area contributed by atoms with Crippen molar-refractivity contribution in [3.8, 4) is 5.75 Å². The maximum atomic E-state index is 5.35. The van der Waals surface area contributed by atoms with Crippen molar-refractivity contribution < 1.29 is 4.74 Å². The highest BCUT2D eigenvalue weighted by molar-refractivity contribution is 5.39. The Labute approximate surface area is 122 Å². The van der Waals surface area contributed by atoms with Gasteiger partial charge in [-0.3, -0.25) is 0 Å². The third kappa shape index (κ3) is 2.58. The van der Waals surface area contributed by atoms with Crippen LogP contribution in [-0.2, 0) is 6.42 Å². The zero-order valence-electron chi connectivity index (χ0n) is 13.0. The molecule has 0 aliphatic heterocycles. The molecule has 1 fully saturated rings. The standard InChI is InChI=1S/C18H27NO/c1-13(2)18(9-10-18)12-19-17-6-4-5-14-11-15(20-3)7-8-16(14)17/h7-8,11,13,17,19H,4-6,9-10,12H2,1-3H3. The van der Waals surface area contributed by atoms with Gasteiger partial charge in [-0.15, -0.1) is 0 Å². The minimum atomic E-state index is 0.542. The highest BCUT2D eigenvalue weighted by Gasteiger charge is 2.45. The zero-order chi connectivity index (χ0) is 14.2. The van der Waals surface area contributed by atoms with Gasteiger partial charge in [-0.05, 0) is 66.7 Å². The summed E-state index contributed by atoms with van der Waals surface area (Å²) in [7, 11) is 1.75. The molecule has 0 heterocycles. The number of aryl methyl sites for hydroxylation is 1. The summed E-state index contributed by atoms with van der Waals surface area (Å²) in [6, 6.07) is 7.13. The van der Waals surface area contributed by atoms with E-state index in [1.54, 1.807) is 7.11 Å². The van der Waals surface area contributed by atoms with Crippen LogP contribution < -0.4 is 10.1 Å². The number of rotatable bonds is 5. The quantitative estimate of drug-likeness (QED) is 0.872. The van der Waals surface area contributed by atoms with Gasteiger partial charge in [-0.2, -0.15) is 0 Å². The second-order valence-electron chi connectivity index (χ2n) is 6.91. The van der Waals surface area contributed by atoms with Crippen LogP contribution in [0.25, 0.3) is 0 Å². The summed E-state index contributed by atoms with van der Waals surface area (Å²) in [5, 5.41) is 3.86. The van der Waals surface area contributed by atoms with Crippen molar-refractivity contribution in [2.24, 2.45) is 11.3 Å². The van der Waals surface area contributed by atoms with E-state index in [9.17, 15) is 0 Å². The first kappa shape index (κ1) is 13.9. The fourth-order valence-electron chi connectivity index (χ4n) is 3.57. The molecule has 1 unspecified atom stereocenters. The Morgan fingerprint density at radius 2 is 2.15 bits per heavy atom. The van der Waals surface area contributed by atoms with Gasteiger partial charge in [-0.25, -0.2) is 0 Å². The summed E-state index contributed by atoms with van der Waals surface area (Å²) in [6.07, 6.45) is 6.56. The fourth-order valence-corrected chi connectivity index (χ4v) is 3.57. The van der Waals surface area contributed by atoms with Gasteiger partial charge in [0.25, 0.3) is 0 Å². The lowest BCUT2D eigenvalue weighted by atomic mass is 9.86. The van der Waals surface area contributed by atoms with Crippen LogP contribution in [-0.4, -0.2) is 13.7 Å². The van der Waals surface area contributed by atoms with E-state index in [1.165, 1.54) is 49.8 Å². The molecule has 110 valence electrons. The molecule has 0 aromatic heterocycles. The van der Waals surface area contributed by atoms with E-state index < -0.39 is 0 Å². The molecule has 0 bridgehead atoms. The first-order valence-corrected chi connectivity index (χ1v) is 8.05. The van der Waals surface area contributed by atoms with Crippen molar-refractivity contribution in [2.75, 3.05) is 13.7 Å². The molecule has 20 heavy (non-hydrogen) atoms. The molecule has 2 aliphatic rings. The van der Waals surface area contributed by atoms with E-state index in [4.69, 9.17) is 4.74 Å². The lowest BCUT2D eigenvalue weighted by Crippen LogP contribution is -2.32. The predicted molar refractivity (Wildman–Crippen MR) is 83.2 cm³/mol. The van der Waals surface area contributed by atoms with E-state index in [1.807, 2.05) is 0 Å². The van der Waals surface area contributed by atoms with Gasteiger partial charge >= 0.3 is 0 Å². The summed E-state index contributed by atoms with van der Waals surface area (Å²) >= 11 is 0. The highest BCUT2D eigenvalue weighted by Crippen LogP contribution is 2.51. The molecule has 2 aliphatic carbocycles. The van der Waals surface area contributed by atoms with Gasteiger partial charge in [0.05, 0.1) is 7.11 Å². The third-order valence-corrected chi connectivity index (χ3v) is 5.48. The molecule has 0 radical (unpaired) electrons. The highest BCUT2D eigenvalue weighted by atomic mass is 16.5. The normalized spacial score (nSPS) is 23.5. The van der Waals surface area contributed by atoms with E-state index >= 15 is 0 Å². The Balaban J connectivity index is 1.70. The first-order chi connectivity index (χ1) is 9.64. The molecule has 0 saturated heterocycles. The zero-order valence-corrected chi connectivity index (χ0v) is 13.0. The maximum absolute atomic E-state index is 5.35. The van der Waals surface area contributed by atoms with Gasteiger partial charge in [-0.1, -0.05) is 19.9 Å². The summed E-state index contributed by atoms with van der Waals surface area (Å²) in [5.41, 5.74) is 3.56. The van der Waals surface area contributed by atoms with Gasteiger partial charge in [0.15, 0.2) is 0 Å². The summed E-state index contributed by atoms with van der Waals surface area (Å²) in [6.45, 7) is 5.92. The number of nitrogens with one attached hydrogen (secondary N) is 1. The topological polar surface area (TPSA) is 21.3 Å². The second kappa shape index (κ2) is 5.40. The number of hydrogen-bond acceptors (Lipinski definition) is 2. The maximum Gasteiger partial charge on any atom is 0.119 e. The Kier molecular flexibility index (Phi) is 3.76. The predicted octanol–water partition coefficient (Wildman–Crippen LogP) is 4.10. The Morgan fingerprint density at radius 3 is 2.80 bits per heavy atom. The van der Waals surface area contributed by atoms with Crippen LogP contribution in [0.3, 0.4) is 0 Å². The van der Waals surface area contributed by atoms with Crippen molar-refractivity contribution >= 4 is 0 Å². The van der Waals surface area contributed by atoms with Crippen molar-refractivity contribution in [3.63, 3.8) is 0 Å². The molecule has 1 N–H and O–H groups in total. The minimum Gasteiger partial charge on any atom is -0.497 e. The number of methoxy groups -OCH3 is 1. The molecule has 0 amide bonds. The SMILES string of the molecule is COc1ccc2c(c1)CCCC2NCC1(C(C)C)CC1. The molecule has 3 rings (SSSR count). The van der Waals surface area contributed by atoms with Gasteiger partial charge in [0, 0.05) is 12.6 Å². The molecule has 2 heteroatoms. The van der Waals surface area contributed by atoms with E-state index in [-0.39, 0.29) is 0 Å².